The van der Waals surface area contributed by atoms with Gasteiger partial charge in [-0.05, 0) is 37.7 Å². The van der Waals surface area contributed by atoms with Gasteiger partial charge in [0.1, 0.15) is 5.82 Å². The lowest BCUT2D eigenvalue weighted by atomic mass is 9.65. The number of pyridine rings is 1. The predicted octanol–water partition coefficient (Wildman–Crippen LogP) is 5.49. The number of amides is 2. The van der Waals surface area contributed by atoms with Crippen LogP contribution < -0.4 is 5.56 Å². The molecule has 0 bridgehead atoms. The van der Waals surface area contributed by atoms with E-state index in [4.69, 9.17) is 0 Å². The van der Waals surface area contributed by atoms with Crippen LogP contribution in [-0.4, -0.2) is 64.1 Å². The number of hydrogen-bond donors (Lipinski definition) is 1. The number of halogens is 1. The molecule has 42 heavy (non-hydrogen) atoms. The average molecular weight is 580 g/mol. The number of hydrogen-bond acceptors (Lipinski definition) is 4. The Kier molecular flexibility index (Phi) is 8.93. The summed E-state index contributed by atoms with van der Waals surface area (Å²) in [5.41, 5.74) is -1.49. The first-order valence-electron chi connectivity index (χ1n) is 15.8. The minimum atomic E-state index is -1.21. The van der Waals surface area contributed by atoms with Crippen LogP contribution in [-0.2, 0) is 11.3 Å². The van der Waals surface area contributed by atoms with Crippen LogP contribution in [0.25, 0.3) is 11.1 Å². The molecule has 1 aromatic carbocycles. The van der Waals surface area contributed by atoms with E-state index >= 15 is 0 Å². The third kappa shape index (κ3) is 5.92. The highest BCUT2D eigenvalue weighted by atomic mass is 19.1. The van der Waals surface area contributed by atoms with Gasteiger partial charge in [0.15, 0.2) is 0 Å². The largest absolute Gasteiger partial charge is 0.387 e. The molecule has 2 amide bonds. The maximum absolute atomic E-state index is 14.8. The Bertz CT molecular complexity index is 1360. The summed E-state index contributed by atoms with van der Waals surface area (Å²) in [7, 11) is 3.23. The van der Waals surface area contributed by atoms with Crippen molar-refractivity contribution >= 4 is 11.8 Å². The summed E-state index contributed by atoms with van der Waals surface area (Å²) in [6.45, 7) is 3.01. The van der Waals surface area contributed by atoms with Crippen LogP contribution in [0.4, 0.5) is 4.39 Å². The molecule has 7 nitrogen and oxygen atoms in total. The molecule has 1 N–H and O–H groups in total. The molecular weight excluding hydrogens is 533 g/mol. The third-order valence-corrected chi connectivity index (χ3v) is 10.3. The maximum atomic E-state index is 14.8. The summed E-state index contributed by atoms with van der Waals surface area (Å²) in [4.78, 5) is 43.7. The zero-order chi connectivity index (χ0) is 30.1. The van der Waals surface area contributed by atoms with Crippen LogP contribution in [0.3, 0.4) is 0 Å². The van der Waals surface area contributed by atoms with Crippen molar-refractivity contribution in [1.29, 1.82) is 0 Å². The van der Waals surface area contributed by atoms with Crippen molar-refractivity contribution in [2.75, 3.05) is 27.2 Å². The van der Waals surface area contributed by atoms with E-state index < -0.39 is 22.4 Å². The summed E-state index contributed by atoms with van der Waals surface area (Å²) < 4.78 is 16.2. The zero-order valence-corrected chi connectivity index (χ0v) is 25.4. The normalized spacial score (nSPS) is 23.2. The Morgan fingerprint density at radius 1 is 1.05 bits per heavy atom. The van der Waals surface area contributed by atoms with E-state index in [-0.39, 0.29) is 41.0 Å². The number of likely N-dealkylation sites (tertiary alicyclic amines) is 1. The van der Waals surface area contributed by atoms with Gasteiger partial charge < -0.3 is 19.5 Å². The number of carbonyl (C=O) groups is 2. The molecule has 228 valence electrons. The number of aliphatic hydroxyl groups is 1. The number of nitrogens with zero attached hydrogens (tertiary/aromatic N) is 3. The second kappa shape index (κ2) is 12.3. The first kappa shape index (κ1) is 30.5. The molecule has 3 aliphatic rings. The Hall–Kier alpha value is -3.00. The molecular formula is C34H46FN3O4. The Labute approximate surface area is 248 Å². The van der Waals surface area contributed by atoms with Gasteiger partial charge in [-0.25, -0.2) is 4.39 Å². The quantitative estimate of drug-likeness (QED) is 0.471. The lowest BCUT2D eigenvalue weighted by Gasteiger charge is -2.53. The van der Waals surface area contributed by atoms with Gasteiger partial charge in [-0.15, -0.1) is 0 Å². The molecule has 5 rings (SSSR count). The van der Waals surface area contributed by atoms with Crippen molar-refractivity contribution in [3.05, 3.63) is 58.3 Å². The summed E-state index contributed by atoms with van der Waals surface area (Å²) in [5.74, 6) is -0.0964. The van der Waals surface area contributed by atoms with Crippen molar-refractivity contribution in [2.24, 2.45) is 17.3 Å². The SMILES string of the molecule is CC(CC1CCCCC1)C(=O)N1CCC(O)(Cn2cc(C(=O)N(C)C)c(-c3ccccc3F)cc2=O)C2(CCCC2)C1. The lowest BCUT2D eigenvalue weighted by molar-refractivity contribution is -0.163. The van der Waals surface area contributed by atoms with Gasteiger partial charge in [0, 0.05) is 61.9 Å². The number of benzene rings is 1. The maximum Gasteiger partial charge on any atom is 0.255 e. The molecule has 1 spiro atoms. The van der Waals surface area contributed by atoms with Crippen LogP contribution in [0.15, 0.2) is 41.3 Å². The number of aromatic nitrogens is 1. The van der Waals surface area contributed by atoms with E-state index in [2.05, 4.69) is 6.92 Å². The van der Waals surface area contributed by atoms with Gasteiger partial charge in [-0.2, -0.15) is 0 Å². The number of rotatable bonds is 7. The molecule has 2 atom stereocenters. The van der Waals surface area contributed by atoms with Gasteiger partial charge in [0.2, 0.25) is 5.91 Å². The Morgan fingerprint density at radius 2 is 1.74 bits per heavy atom. The molecule has 3 fully saturated rings. The first-order chi connectivity index (χ1) is 20.0. The molecule has 2 aromatic rings. The fraction of sp³-hybridized carbons (Fsp3) is 0.618. The second-order valence-corrected chi connectivity index (χ2v) is 13.4. The van der Waals surface area contributed by atoms with Crippen molar-refractivity contribution in [3.63, 3.8) is 0 Å². The molecule has 1 aromatic heterocycles. The van der Waals surface area contributed by atoms with Gasteiger partial charge in [-0.1, -0.05) is 70.1 Å². The molecule has 8 heteroatoms. The molecule has 1 saturated heterocycles. The smallest absolute Gasteiger partial charge is 0.255 e. The monoisotopic (exact) mass is 579 g/mol. The fourth-order valence-electron chi connectivity index (χ4n) is 7.91. The third-order valence-electron chi connectivity index (χ3n) is 10.3. The molecule has 1 aliphatic heterocycles. The van der Waals surface area contributed by atoms with Crippen LogP contribution >= 0.6 is 0 Å². The minimum absolute atomic E-state index is 0.0246. The number of piperidine rings is 1. The molecule has 2 heterocycles. The van der Waals surface area contributed by atoms with Crippen LogP contribution in [0.5, 0.6) is 0 Å². The van der Waals surface area contributed by atoms with E-state index in [1.165, 1.54) is 59.9 Å². The van der Waals surface area contributed by atoms with E-state index in [1.807, 2.05) is 4.90 Å². The van der Waals surface area contributed by atoms with Crippen molar-refractivity contribution in [1.82, 2.24) is 14.4 Å². The molecule has 2 aliphatic carbocycles. The highest BCUT2D eigenvalue weighted by Gasteiger charge is 2.55. The Balaban J connectivity index is 1.42. The van der Waals surface area contributed by atoms with Crippen LogP contribution in [0.2, 0.25) is 0 Å². The van der Waals surface area contributed by atoms with E-state index in [1.54, 1.807) is 32.3 Å². The number of carbonyl (C=O) groups excluding carboxylic acids is 2. The summed E-state index contributed by atoms with van der Waals surface area (Å²) in [6, 6.07) is 7.42. The van der Waals surface area contributed by atoms with Crippen LogP contribution in [0.1, 0.15) is 87.9 Å². The van der Waals surface area contributed by atoms with E-state index in [9.17, 15) is 23.9 Å². The summed E-state index contributed by atoms with van der Waals surface area (Å²) in [6.07, 6.45) is 12.5. The van der Waals surface area contributed by atoms with Crippen molar-refractivity contribution in [3.8, 4) is 11.1 Å². The van der Waals surface area contributed by atoms with Crippen molar-refractivity contribution in [2.45, 2.75) is 89.7 Å². The van der Waals surface area contributed by atoms with E-state index in [0.717, 1.165) is 32.1 Å². The topological polar surface area (TPSA) is 82.8 Å². The van der Waals surface area contributed by atoms with Gasteiger partial charge in [0.25, 0.3) is 11.5 Å². The molecule has 2 saturated carbocycles. The zero-order valence-electron chi connectivity index (χ0n) is 25.4. The van der Waals surface area contributed by atoms with Crippen molar-refractivity contribution < 1.29 is 19.1 Å². The molecule has 2 unspecified atom stereocenters. The fourth-order valence-corrected chi connectivity index (χ4v) is 7.91. The van der Waals surface area contributed by atoms with Gasteiger partial charge in [-0.3, -0.25) is 14.4 Å². The standard InChI is InChI=1S/C34H46FN3O4/c1-24(19-25-11-5-4-6-12-25)31(40)37-18-17-34(42,33(22-37)15-9-10-16-33)23-38-21-28(32(41)36(2)3)27(20-30(38)39)26-13-7-8-14-29(26)35/h7-8,13-14,20-21,24-25,42H,4-6,9-12,15-19,22-23H2,1-3H3. The second-order valence-electron chi connectivity index (χ2n) is 13.4. The minimum Gasteiger partial charge on any atom is -0.387 e. The van der Waals surface area contributed by atoms with Gasteiger partial charge in [0.05, 0.1) is 17.7 Å². The van der Waals surface area contributed by atoms with Crippen LogP contribution in [0, 0.1) is 23.1 Å². The predicted molar refractivity (Wildman–Crippen MR) is 162 cm³/mol. The Morgan fingerprint density at radius 3 is 2.40 bits per heavy atom. The molecule has 0 radical (unpaired) electrons. The van der Waals surface area contributed by atoms with Gasteiger partial charge >= 0.3 is 0 Å². The lowest BCUT2D eigenvalue weighted by Crippen LogP contribution is -2.62. The summed E-state index contributed by atoms with van der Waals surface area (Å²) >= 11 is 0. The summed E-state index contributed by atoms with van der Waals surface area (Å²) in [5, 5.41) is 12.3. The highest BCUT2D eigenvalue weighted by molar-refractivity contribution is 6.00. The van der Waals surface area contributed by atoms with E-state index in [0.29, 0.717) is 25.4 Å². The first-order valence-corrected chi connectivity index (χ1v) is 15.8. The highest BCUT2D eigenvalue weighted by Crippen LogP contribution is 2.52. The average Bonchev–Trinajstić information content (AvgIpc) is 3.45.